The van der Waals surface area contributed by atoms with Crippen LogP contribution in [0.25, 0.3) is 0 Å². The van der Waals surface area contributed by atoms with Gasteiger partial charge in [-0.1, -0.05) is 6.42 Å². The van der Waals surface area contributed by atoms with Crippen LogP contribution in [0.3, 0.4) is 0 Å². The molecule has 0 aliphatic carbocycles. The van der Waals surface area contributed by atoms with Crippen LogP contribution in [0.5, 0.6) is 0 Å². The lowest BCUT2D eigenvalue weighted by atomic mass is 9.92. The van der Waals surface area contributed by atoms with Gasteiger partial charge in [0.05, 0.1) is 6.04 Å². The molecule has 2 aliphatic rings. The van der Waals surface area contributed by atoms with Crippen molar-refractivity contribution in [3.05, 3.63) is 18.0 Å². The zero-order chi connectivity index (χ0) is 13.9. The number of amides is 1. The van der Waals surface area contributed by atoms with Crippen LogP contribution in [-0.2, 0) is 11.8 Å². The van der Waals surface area contributed by atoms with Gasteiger partial charge in [-0.15, -0.1) is 0 Å². The third kappa shape index (κ3) is 2.73. The molecule has 2 aliphatic heterocycles. The molecule has 5 nitrogen and oxygen atoms in total. The van der Waals surface area contributed by atoms with Gasteiger partial charge in [-0.2, -0.15) is 5.10 Å². The molecule has 1 amide bonds. The number of aromatic nitrogens is 2. The van der Waals surface area contributed by atoms with Gasteiger partial charge in [0.25, 0.3) is 0 Å². The van der Waals surface area contributed by atoms with E-state index in [2.05, 4.69) is 21.4 Å². The molecule has 2 fully saturated rings. The number of piperidine rings is 2. The van der Waals surface area contributed by atoms with Crippen molar-refractivity contribution in [2.45, 2.75) is 44.1 Å². The van der Waals surface area contributed by atoms with Crippen LogP contribution in [0.15, 0.2) is 12.3 Å². The second-order valence-electron chi connectivity index (χ2n) is 5.98. The molecule has 110 valence electrons. The zero-order valence-electron chi connectivity index (χ0n) is 12.2. The number of hydrogen-bond donors (Lipinski definition) is 1. The van der Waals surface area contributed by atoms with E-state index in [1.54, 1.807) is 0 Å². The highest BCUT2D eigenvalue weighted by atomic mass is 16.2. The first-order valence-electron chi connectivity index (χ1n) is 7.76. The Hall–Kier alpha value is -1.36. The molecule has 3 heterocycles. The Balaban J connectivity index is 1.55. The Bertz CT molecular complexity index is 456. The zero-order valence-corrected chi connectivity index (χ0v) is 12.2. The molecule has 0 spiro atoms. The van der Waals surface area contributed by atoms with E-state index < -0.39 is 0 Å². The number of rotatable bonds is 2. The van der Waals surface area contributed by atoms with Gasteiger partial charge in [0.2, 0.25) is 5.91 Å². The van der Waals surface area contributed by atoms with Gasteiger partial charge in [0.15, 0.2) is 0 Å². The van der Waals surface area contributed by atoms with E-state index in [0.717, 1.165) is 38.9 Å². The number of aryl methyl sites for hydroxylation is 1. The molecule has 20 heavy (non-hydrogen) atoms. The van der Waals surface area contributed by atoms with Gasteiger partial charge in [0.1, 0.15) is 0 Å². The second-order valence-corrected chi connectivity index (χ2v) is 5.98. The quantitative estimate of drug-likeness (QED) is 0.885. The van der Waals surface area contributed by atoms with Gasteiger partial charge in [-0.3, -0.25) is 9.48 Å². The van der Waals surface area contributed by atoms with E-state index in [1.165, 1.54) is 18.5 Å². The lowest BCUT2D eigenvalue weighted by Gasteiger charge is -2.35. The van der Waals surface area contributed by atoms with Crippen LogP contribution in [0.4, 0.5) is 0 Å². The molecule has 2 saturated heterocycles. The first-order valence-corrected chi connectivity index (χ1v) is 7.76. The van der Waals surface area contributed by atoms with E-state index in [-0.39, 0.29) is 6.04 Å². The smallest absolute Gasteiger partial charge is 0.239 e. The van der Waals surface area contributed by atoms with Crippen molar-refractivity contribution in [3.63, 3.8) is 0 Å². The molecule has 5 heteroatoms. The second kappa shape index (κ2) is 5.95. The third-order valence-electron chi connectivity index (χ3n) is 4.69. The first kappa shape index (κ1) is 13.6. The van der Waals surface area contributed by atoms with E-state index in [4.69, 9.17) is 0 Å². The average Bonchev–Trinajstić information content (AvgIpc) is 2.94. The average molecular weight is 276 g/mol. The predicted molar refractivity (Wildman–Crippen MR) is 77.4 cm³/mol. The highest BCUT2D eigenvalue weighted by Crippen LogP contribution is 2.28. The van der Waals surface area contributed by atoms with Crippen LogP contribution in [0.2, 0.25) is 0 Å². The molecule has 0 saturated carbocycles. The summed E-state index contributed by atoms with van der Waals surface area (Å²) in [6, 6.07) is 2.17. The van der Waals surface area contributed by atoms with Crippen molar-refractivity contribution in [2.24, 2.45) is 7.05 Å². The molecular formula is C15H24N4O. The standard InChI is InChI=1S/C15H24N4O/c1-18-14(5-9-17-18)12-6-10-19(11-7-12)15(20)13-4-2-3-8-16-13/h5,9,12-13,16H,2-4,6-8,10-11H2,1H3. The Morgan fingerprint density at radius 1 is 1.30 bits per heavy atom. The molecule has 0 aromatic carbocycles. The molecule has 1 atom stereocenters. The summed E-state index contributed by atoms with van der Waals surface area (Å²) < 4.78 is 1.96. The lowest BCUT2D eigenvalue weighted by Crippen LogP contribution is -2.50. The van der Waals surface area contributed by atoms with Gasteiger partial charge in [-0.05, 0) is 38.3 Å². The summed E-state index contributed by atoms with van der Waals surface area (Å²) in [5.74, 6) is 0.860. The lowest BCUT2D eigenvalue weighted by molar-refractivity contribution is -0.135. The number of carbonyl (C=O) groups is 1. The van der Waals surface area contributed by atoms with Crippen molar-refractivity contribution >= 4 is 5.91 Å². The van der Waals surface area contributed by atoms with Crippen molar-refractivity contribution in [1.29, 1.82) is 0 Å². The van der Waals surface area contributed by atoms with Crippen molar-refractivity contribution in [2.75, 3.05) is 19.6 Å². The molecule has 1 unspecified atom stereocenters. The van der Waals surface area contributed by atoms with E-state index >= 15 is 0 Å². The minimum Gasteiger partial charge on any atom is -0.341 e. The van der Waals surface area contributed by atoms with Gasteiger partial charge in [0, 0.05) is 37.9 Å². The summed E-state index contributed by atoms with van der Waals surface area (Å²) in [5.41, 5.74) is 1.30. The summed E-state index contributed by atoms with van der Waals surface area (Å²) in [4.78, 5) is 14.5. The number of carbonyl (C=O) groups excluding carboxylic acids is 1. The fourth-order valence-electron chi connectivity index (χ4n) is 3.46. The Kier molecular flexibility index (Phi) is 4.05. The Labute approximate surface area is 120 Å². The number of nitrogens with zero attached hydrogens (tertiary/aromatic N) is 3. The van der Waals surface area contributed by atoms with Gasteiger partial charge in [-0.25, -0.2) is 0 Å². The fourth-order valence-corrected chi connectivity index (χ4v) is 3.46. The fraction of sp³-hybridized carbons (Fsp3) is 0.733. The summed E-state index contributed by atoms with van der Waals surface area (Å²) in [6.07, 6.45) is 7.34. The maximum atomic E-state index is 12.5. The predicted octanol–water partition coefficient (Wildman–Crippen LogP) is 1.27. The van der Waals surface area contributed by atoms with Crippen LogP contribution >= 0.6 is 0 Å². The van der Waals surface area contributed by atoms with Crippen LogP contribution in [0.1, 0.15) is 43.7 Å². The van der Waals surface area contributed by atoms with E-state index in [9.17, 15) is 4.79 Å². The third-order valence-corrected chi connectivity index (χ3v) is 4.69. The molecule has 0 radical (unpaired) electrons. The minimum absolute atomic E-state index is 0.0667. The molecule has 1 aromatic heterocycles. The molecule has 3 rings (SSSR count). The van der Waals surface area contributed by atoms with Crippen LogP contribution in [0, 0.1) is 0 Å². The molecule has 0 bridgehead atoms. The van der Waals surface area contributed by atoms with E-state index in [0.29, 0.717) is 11.8 Å². The van der Waals surface area contributed by atoms with Crippen molar-refractivity contribution in [3.8, 4) is 0 Å². The highest BCUT2D eigenvalue weighted by molar-refractivity contribution is 5.82. The first-order chi connectivity index (χ1) is 9.75. The maximum Gasteiger partial charge on any atom is 0.239 e. The largest absolute Gasteiger partial charge is 0.341 e. The van der Waals surface area contributed by atoms with Crippen LogP contribution < -0.4 is 5.32 Å². The summed E-state index contributed by atoms with van der Waals surface area (Å²) >= 11 is 0. The van der Waals surface area contributed by atoms with Crippen LogP contribution in [-0.4, -0.2) is 46.3 Å². The Morgan fingerprint density at radius 3 is 2.70 bits per heavy atom. The summed E-state index contributed by atoms with van der Waals surface area (Å²) in [5, 5.41) is 7.60. The van der Waals surface area contributed by atoms with Crippen molar-refractivity contribution < 1.29 is 4.79 Å². The molecule has 1 aromatic rings. The van der Waals surface area contributed by atoms with E-state index in [1.807, 2.05) is 17.9 Å². The Morgan fingerprint density at radius 2 is 2.10 bits per heavy atom. The van der Waals surface area contributed by atoms with Gasteiger partial charge >= 0.3 is 0 Å². The molecule has 1 N–H and O–H groups in total. The maximum absolute atomic E-state index is 12.5. The number of likely N-dealkylation sites (tertiary alicyclic amines) is 1. The van der Waals surface area contributed by atoms with Crippen molar-refractivity contribution in [1.82, 2.24) is 20.0 Å². The minimum atomic E-state index is 0.0667. The monoisotopic (exact) mass is 276 g/mol. The normalized spacial score (nSPS) is 24.9. The molecular weight excluding hydrogens is 252 g/mol. The number of nitrogens with one attached hydrogen (secondary N) is 1. The summed E-state index contributed by atoms with van der Waals surface area (Å²) in [6.45, 7) is 2.75. The topological polar surface area (TPSA) is 50.2 Å². The number of hydrogen-bond acceptors (Lipinski definition) is 3. The SMILES string of the molecule is Cn1nccc1C1CCN(C(=O)C2CCCCN2)CC1. The van der Waals surface area contributed by atoms with Gasteiger partial charge < -0.3 is 10.2 Å². The summed E-state index contributed by atoms with van der Waals surface area (Å²) in [7, 11) is 2.00. The highest BCUT2D eigenvalue weighted by Gasteiger charge is 2.30.